The lowest BCUT2D eigenvalue weighted by Crippen LogP contribution is -2.55. The molecule has 0 bridgehead atoms. The van der Waals surface area contributed by atoms with Gasteiger partial charge in [-0.05, 0) is 34.1 Å². The third-order valence-corrected chi connectivity index (χ3v) is 2.29. The fraction of sp³-hybridized carbons (Fsp3) is 0.909. The van der Waals surface area contributed by atoms with Crippen LogP contribution in [0.25, 0.3) is 0 Å². The van der Waals surface area contributed by atoms with E-state index in [0.717, 1.165) is 0 Å². The Morgan fingerprint density at radius 2 is 1.88 bits per heavy atom. The number of methoxy groups -OCH3 is 1. The Hall–Kier alpha value is -0.810. The fourth-order valence-electron chi connectivity index (χ4n) is 1.12. The summed E-state index contributed by atoms with van der Waals surface area (Å²) in [6, 6.07) is 0. The first kappa shape index (κ1) is 15.2. The summed E-state index contributed by atoms with van der Waals surface area (Å²) in [6.07, 6.45) is -1.10. The molecule has 2 atom stereocenters. The molecule has 0 aromatic rings. The van der Waals surface area contributed by atoms with Crippen molar-refractivity contribution in [1.82, 2.24) is 5.32 Å². The number of aliphatic hydroxyl groups is 1. The number of amides is 1. The molecule has 0 aliphatic heterocycles. The van der Waals surface area contributed by atoms with Crippen molar-refractivity contribution in [2.75, 3.05) is 7.11 Å². The molecule has 2 N–H and O–H groups in total. The van der Waals surface area contributed by atoms with Crippen molar-refractivity contribution in [2.45, 2.75) is 58.5 Å². The molecule has 0 radical (unpaired) electrons. The molecule has 0 saturated carbocycles. The second-order valence-electron chi connectivity index (χ2n) is 4.99. The fourth-order valence-corrected chi connectivity index (χ4v) is 1.12. The van der Waals surface area contributed by atoms with Crippen LogP contribution in [0.1, 0.15) is 41.0 Å². The molecule has 0 aliphatic carbocycles. The molecular formula is C11H23NO4. The number of aliphatic hydroxyl groups excluding tert-OH is 1. The number of rotatable bonds is 4. The average Bonchev–Trinajstić information content (AvgIpc) is 2.13. The van der Waals surface area contributed by atoms with Crippen molar-refractivity contribution in [3.05, 3.63) is 0 Å². The third-order valence-electron chi connectivity index (χ3n) is 2.29. The first-order valence-corrected chi connectivity index (χ1v) is 5.36. The maximum absolute atomic E-state index is 11.6. The number of hydrogen-bond donors (Lipinski definition) is 2. The topological polar surface area (TPSA) is 67.8 Å². The van der Waals surface area contributed by atoms with Crippen LogP contribution in [0.2, 0.25) is 0 Å². The normalized spacial score (nSPS) is 17.4. The summed E-state index contributed by atoms with van der Waals surface area (Å²) >= 11 is 0. The zero-order chi connectivity index (χ0) is 13.0. The Balaban J connectivity index is 4.49. The lowest BCUT2D eigenvalue weighted by Gasteiger charge is -2.34. The highest BCUT2D eigenvalue weighted by atomic mass is 16.6. The Labute approximate surface area is 97.1 Å². The highest BCUT2D eigenvalue weighted by molar-refractivity contribution is 5.68. The van der Waals surface area contributed by atoms with Gasteiger partial charge in [0.25, 0.3) is 0 Å². The van der Waals surface area contributed by atoms with Crippen LogP contribution in [0.4, 0.5) is 4.79 Å². The van der Waals surface area contributed by atoms with Crippen LogP contribution < -0.4 is 5.32 Å². The SMILES string of the molecule is CCC(C)(NC(=O)OC(C)(C)C)C(O)OC. The van der Waals surface area contributed by atoms with Crippen LogP contribution in [0.3, 0.4) is 0 Å². The van der Waals surface area contributed by atoms with E-state index in [2.05, 4.69) is 5.32 Å². The first-order chi connectivity index (χ1) is 7.14. The molecule has 0 saturated heterocycles. The van der Waals surface area contributed by atoms with Gasteiger partial charge in [0.1, 0.15) is 5.60 Å². The van der Waals surface area contributed by atoms with Gasteiger partial charge in [-0.15, -0.1) is 0 Å². The van der Waals surface area contributed by atoms with Gasteiger partial charge in [0, 0.05) is 7.11 Å². The van der Waals surface area contributed by atoms with E-state index < -0.39 is 23.5 Å². The van der Waals surface area contributed by atoms with Gasteiger partial charge in [-0.25, -0.2) is 4.79 Å². The number of nitrogens with one attached hydrogen (secondary N) is 1. The second kappa shape index (κ2) is 5.50. The summed E-state index contributed by atoms with van der Waals surface area (Å²) in [5.41, 5.74) is -1.41. The number of hydrogen-bond acceptors (Lipinski definition) is 4. The molecule has 0 fully saturated rings. The first-order valence-electron chi connectivity index (χ1n) is 5.36. The van der Waals surface area contributed by atoms with Crippen molar-refractivity contribution in [2.24, 2.45) is 0 Å². The standard InChI is InChI=1S/C11H23NO4/c1-7-11(5,8(13)15-6)12-9(14)16-10(2,3)4/h8,13H,7H2,1-6H3,(H,12,14). The molecule has 1 amide bonds. The summed E-state index contributed by atoms with van der Waals surface area (Å²) in [5.74, 6) is 0. The van der Waals surface area contributed by atoms with Crippen molar-refractivity contribution in [3.63, 3.8) is 0 Å². The maximum atomic E-state index is 11.6. The maximum Gasteiger partial charge on any atom is 0.408 e. The van der Waals surface area contributed by atoms with Gasteiger partial charge in [-0.3, -0.25) is 0 Å². The van der Waals surface area contributed by atoms with E-state index >= 15 is 0 Å². The second-order valence-corrected chi connectivity index (χ2v) is 4.99. The number of alkyl carbamates (subject to hydrolysis) is 1. The summed E-state index contributed by atoms with van der Waals surface area (Å²) in [5, 5.41) is 12.2. The highest BCUT2D eigenvalue weighted by Gasteiger charge is 2.34. The minimum atomic E-state index is -1.06. The Bertz CT molecular complexity index is 237. The molecule has 5 nitrogen and oxygen atoms in total. The van der Waals surface area contributed by atoms with Crippen LogP contribution in [-0.2, 0) is 9.47 Å². The molecule has 0 aromatic heterocycles. The lowest BCUT2D eigenvalue weighted by atomic mass is 9.98. The van der Waals surface area contributed by atoms with E-state index in [1.807, 2.05) is 6.92 Å². The minimum Gasteiger partial charge on any atom is -0.444 e. The highest BCUT2D eigenvalue weighted by Crippen LogP contribution is 2.17. The third kappa shape index (κ3) is 4.81. The molecule has 0 aromatic carbocycles. The van der Waals surface area contributed by atoms with Gasteiger partial charge in [0.15, 0.2) is 6.29 Å². The molecule has 0 rings (SSSR count). The largest absolute Gasteiger partial charge is 0.444 e. The lowest BCUT2D eigenvalue weighted by molar-refractivity contribution is -0.129. The van der Waals surface area contributed by atoms with E-state index in [1.165, 1.54) is 7.11 Å². The van der Waals surface area contributed by atoms with Gasteiger partial charge in [0.2, 0.25) is 0 Å². The van der Waals surface area contributed by atoms with Gasteiger partial charge >= 0.3 is 6.09 Å². The van der Waals surface area contributed by atoms with Gasteiger partial charge in [0.05, 0.1) is 5.54 Å². The predicted octanol–water partition coefficient (Wildman–Crippen LogP) is 1.64. The average molecular weight is 233 g/mol. The van der Waals surface area contributed by atoms with Gasteiger partial charge < -0.3 is 19.9 Å². The predicted molar refractivity (Wildman–Crippen MR) is 61.1 cm³/mol. The van der Waals surface area contributed by atoms with E-state index in [1.54, 1.807) is 27.7 Å². The van der Waals surface area contributed by atoms with Crippen LogP contribution in [0, 0.1) is 0 Å². The summed E-state index contributed by atoms with van der Waals surface area (Å²) in [7, 11) is 1.38. The number of ether oxygens (including phenoxy) is 2. The molecule has 0 aliphatic rings. The summed E-state index contributed by atoms with van der Waals surface area (Å²) in [6.45, 7) is 8.89. The molecular weight excluding hydrogens is 210 g/mol. The molecule has 0 heterocycles. The van der Waals surface area contributed by atoms with E-state index in [0.29, 0.717) is 6.42 Å². The van der Waals surface area contributed by atoms with E-state index in [-0.39, 0.29) is 0 Å². The Kier molecular flexibility index (Phi) is 5.22. The molecule has 0 spiro atoms. The minimum absolute atomic E-state index is 0.529. The van der Waals surface area contributed by atoms with Crippen LogP contribution in [0.5, 0.6) is 0 Å². The number of carbonyl (C=O) groups excluding carboxylic acids is 1. The number of carbonyl (C=O) groups is 1. The molecule has 16 heavy (non-hydrogen) atoms. The van der Waals surface area contributed by atoms with Crippen molar-refractivity contribution in [3.8, 4) is 0 Å². The van der Waals surface area contributed by atoms with E-state index in [9.17, 15) is 9.90 Å². The quantitative estimate of drug-likeness (QED) is 0.724. The smallest absolute Gasteiger partial charge is 0.408 e. The van der Waals surface area contributed by atoms with Gasteiger partial charge in [-0.1, -0.05) is 6.92 Å². The monoisotopic (exact) mass is 233 g/mol. The molecule has 2 unspecified atom stereocenters. The Morgan fingerprint density at radius 3 is 2.19 bits per heavy atom. The zero-order valence-electron chi connectivity index (χ0n) is 11.0. The molecule has 96 valence electrons. The Morgan fingerprint density at radius 1 is 1.38 bits per heavy atom. The van der Waals surface area contributed by atoms with E-state index in [4.69, 9.17) is 9.47 Å². The summed E-state index contributed by atoms with van der Waals surface area (Å²) in [4.78, 5) is 11.6. The van der Waals surface area contributed by atoms with Crippen molar-refractivity contribution in [1.29, 1.82) is 0 Å². The van der Waals surface area contributed by atoms with Crippen molar-refractivity contribution >= 4 is 6.09 Å². The van der Waals surface area contributed by atoms with Crippen LogP contribution in [-0.4, -0.2) is 35.7 Å². The summed E-state index contributed by atoms with van der Waals surface area (Å²) < 4.78 is 9.94. The zero-order valence-corrected chi connectivity index (χ0v) is 11.0. The van der Waals surface area contributed by atoms with Crippen LogP contribution >= 0.6 is 0 Å². The van der Waals surface area contributed by atoms with Gasteiger partial charge in [-0.2, -0.15) is 0 Å². The van der Waals surface area contributed by atoms with Crippen LogP contribution in [0.15, 0.2) is 0 Å². The molecule has 5 heteroatoms. The van der Waals surface area contributed by atoms with Crippen molar-refractivity contribution < 1.29 is 19.4 Å².